The van der Waals surface area contributed by atoms with E-state index >= 15 is 0 Å². The van der Waals surface area contributed by atoms with Gasteiger partial charge in [-0.2, -0.15) is 0 Å². The number of ether oxygens (including phenoxy) is 2. The van der Waals surface area contributed by atoms with Gasteiger partial charge in [0, 0.05) is 12.1 Å². The molecule has 4 heteroatoms. The van der Waals surface area contributed by atoms with Crippen LogP contribution in [0.1, 0.15) is 24.8 Å². The normalized spacial score (nSPS) is 19.7. The number of hydrogen-bond acceptors (Lipinski definition) is 4. The predicted molar refractivity (Wildman–Crippen MR) is 84.0 cm³/mol. The molecule has 0 aliphatic carbocycles. The second-order valence-corrected chi connectivity index (χ2v) is 6.05. The summed E-state index contributed by atoms with van der Waals surface area (Å²) in [6, 6.07) is 6.24. The number of rotatable bonds is 5. The van der Waals surface area contributed by atoms with E-state index < -0.39 is 0 Å². The number of piperidine rings is 1. The van der Waals surface area contributed by atoms with Crippen LogP contribution in [0, 0.1) is 5.92 Å². The van der Waals surface area contributed by atoms with Crippen molar-refractivity contribution < 1.29 is 9.47 Å². The highest BCUT2D eigenvalue weighted by Crippen LogP contribution is 2.34. The van der Waals surface area contributed by atoms with Gasteiger partial charge in [0.05, 0.1) is 0 Å². The van der Waals surface area contributed by atoms with Gasteiger partial charge in [-0.05, 0) is 57.9 Å². The van der Waals surface area contributed by atoms with Crippen LogP contribution >= 0.6 is 0 Å². The van der Waals surface area contributed by atoms with E-state index in [-0.39, 0.29) is 0 Å². The van der Waals surface area contributed by atoms with Crippen LogP contribution in [0.4, 0.5) is 0 Å². The fourth-order valence-corrected chi connectivity index (χ4v) is 3.28. The van der Waals surface area contributed by atoms with Crippen molar-refractivity contribution in [2.24, 2.45) is 5.92 Å². The molecular weight excluding hydrogens is 264 g/mol. The Morgan fingerprint density at radius 3 is 2.81 bits per heavy atom. The summed E-state index contributed by atoms with van der Waals surface area (Å²) in [7, 11) is 2.04. The van der Waals surface area contributed by atoms with Crippen molar-refractivity contribution in [2.45, 2.75) is 25.8 Å². The molecule has 0 atom stereocenters. The van der Waals surface area contributed by atoms with Gasteiger partial charge in [0.2, 0.25) is 0 Å². The minimum atomic E-state index is 0.660. The van der Waals surface area contributed by atoms with Gasteiger partial charge in [-0.3, -0.25) is 4.90 Å². The zero-order valence-corrected chi connectivity index (χ0v) is 12.9. The smallest absolute Gasteiger partial charge is 0.165 e. The third kappa shape index (κ3) is 3.69. The van der Waals surface area contributed by atoms with Crippen LogP contribution in [0.3, 0.4) is 0 Å². The molecule has 1 N–H and O–H groups in total. The first-order valence-corrected chi connectivity index (χ1v) is 8.11. The van der Waals surface area contributed by atoms with Gasteiger partial charge >= 0.3 is 0 Å². The highest BCUT2D eigenvalue weighted by Gasteiger charge is 2.21. The number of likely N-dealkylation sites (tertiary alicyclic amines) is 1. The molecule has 0 bridgehead atoms. The summed E-state index contributed by atoms with van der Waals surface area (Å²) in [5.74, 6) is 2.75. The van der Waals surface area contributed by atoms with E-state index in [4.69, 9.17) is 9.47 Å². The lowest BCUT2D eigenvalue weighted by Gasteiger charge is -2.32. The predicted octanol–water partition coefficient (Wildman–Crippen LogP) is 2.28. The highest BCUT2D eigenvalue weighted by atomic mass is 16.6. The Morgan fingerprint density at radius 2 is 2.00 bits per heavy atom. The first-order chi connectivity index (χ1) is 10.4. The lowest BCUT2D eigenvalue weighted by Crippen LogP contribution is -2.34. The minimum Gasteiger partial charge on any atom is -0.486 e. The topological polar surface area (TPSA) is 33.7 Å². The molecule has 21 heavy (non-hydrogen) atoms. The summed E-state index contributed by atoms with van der Waals surface area (Å²) in [5, 5.41) is 3.26. The Hall–Kier alpha value is -1.26. The molecule has 2 heterocycles. The van der Waals surface area contributed by atoms with Crippen molar-refractivity contribution >= 4 is 0 Å². The van der Waals surface area contributed by atoms with Gasteiger partial charge in [0.1, 0.15) is 13.2 Å². The van der Waals surface area contributed by atoms with Gasteiger partial charge < -0.3 is 14.8 Å². The van der Waals surface area contributed by atoms with Crippen LogP contribution < -0.4 is 14.8 Å². The molecule has 1 aromatic carbocycles. The van der Waals surface area contributed by atoms with Gasteiger partial charge in [0.15, 0.2) is 11.5 Å². The molecule has 3 rings (SSSR count). The summed E-state index contributed by atoms with van der Waals surface area (Å²) in [4.78, 5) is 2.55. The molecule has 0 saturated carbocycles. The Kier molecular flexibility index (Phi) is 4.99. The zero-order chi connectivity index (χ0) is 14.5. The first kappa shape index (κ1) is 14.7. The summed E-state index contributed by atoms with van der Waals surface area (Å²) in [6.07, 6.45) is 3.93. The van der Waals surface area contributed by atoms with E-state index in [0.29, 0.717) is 13.2 Å². The standard InChI is InChI=1S/C17H26N2O2/c1-18-8-5-14-6-9-19(10-7-14)13-15-3-2-4-16-17(15)21-12-11-20-16/h2-4,14,18H,5-13H2,1H3. The maximum atomic E-state index is 5.81. The van der Waals surface area contributed by atoms with Crippen LogP contribution in [0.2, 0.25) is 0 Å². The molecular formula is C17H26N2O2. The molecule has 2 aliphatic rings. The monoisotopic (exact) mass is 290 g/mol. The minimum absolute atomic E-state index is 0.660. The van der Waals surface area contributed by atoms with Crippen molar-refractivity contribution in [3.05, 3.63) is 23.8 Å². The number of para-hydroxylation sites is 1. The second kappa shape index (κ2) is 7.14. The van der Waals surface area contributed by atoms with Crippen LogP contribution in [-0.2, 0) is 6.54 Å². The van der Waals surface area contributed by atoms with Crippen LogP contribution in [0.25, 0.3) is 0 Å². The van der Waals surface area contributed by atoms with Crippen molar-refractivity contribution in [2.75, 3.05) is 39.9 Å². The van der Waals surface area contributed by atoms with Crippen LogP contribution in [0.5, 0.6) is 11.5 Å². The molecule has 2 aliphatic heterocycles. The van der Waals surface area contributed by atoms with E-state index in [0.717, 1.165) is 30.5 Å². The Balaban J connectivity index is 1.56. The largest absolute Gasteiger partial charge is 0.486 e. The zero-order valence-electron chi connectivity index (χ0n) is 12.9. The average Bonchev–Trinajstić information content (AvgIpc) is 2.55. The lowest BCUT2D eigenvalue weighted by atomic mass is 9.93. The Labute approximate surface area is 127 Å². The fraction of sp³-hybridized carbons (Fsp3) is 0.647. The fourth-order valence-electron chi connectivity index (χ4n) is 3.28. The maximum absolute atomic E-state index is 5.81. The lowest BCUT2D eigenvalue weighted by molar-refractivity contribution is 0.154. The maximum Gasteiger partial charge on any atom is 0.165 e. The van der Waals surface area contributed by atoms with E-state index in [1.807, 2.05) is 13.1 Å². The van der Waals surface area contributed by atoms with Crippen molar-refractivity contribution in [1.82, 2.24) is 10.2 Å². The van der Waals surface area contributed by atoms with Crippen molar-refractivity contribution in [3.8, 4) is 11.5 Å². The van der Waals surface area contributed by atoms with Crippen LogP contribution in [-0.4, -0.2) is 44.8 Å². The summed E-state index contributed by atoms with van der Waals surface area (Å²) in [6.45, 7) is 5.83. The molecule has 0 aromatic heterocycles. The number of nitrogens with one attached hydrogen (secondary N) is 1. The van der Waals surface area contributed by atoms with Gasteiger partial charge in [-0.15, -0.1) is 0 Å². The van der Waals surface area contributed by atoms with E-state index in [1.165, 1.54) is 37.9 Å². The number of fused-ring (bicyclic) bond motifs is 1. The van der Waals surface area contributed by atoms with Crippen LogP contribution in [0.15, 0.2) is 18.2 Å². The molecule has 1 saturated heterocycles. The molecule has 116 valence electrons. The molecule has 0 amide bonds. The molecule has 0 radical (unpaired) electrons. The summed E-state index contributed by atoms with van der Waals surface area (Å²) >= 11 is 0. The quantitative estimate of drug-likeness (QED) is 0.902. The molecule has 0 unspecified atom stereocenters. The molecule has 0 spiro atoms. The summed E-state index contributed by atoms with van der Waals surface area (Å²) < 4.78 is 11.5. The SMILES string of the molecule is CNCCC1CCN(Cc2cccc3c2OCCO3)CC1. The first-order valence-electron chi connectivity index (χ1n) is 8.11. The van der Waals surface area contributed by atoms with Gasteiger partial charge in [-0.1, -0.05) is 12.1 Å². The van der Waals surface area contributed by atoms with Crippen molar-refractivity contribution in [3.63, 3.8) is 0 Å². The number of benzene rings is 1. The second-order valence-electron chi connectivity index (χ2n) is 6.05. The number of nitrogens with zero attached hydrogens (tertiary/aromatic N) is 1. The third-order valence-electron chi connectivity index (χ3n) is 4.55. The van der Waals surface area contributed by atoms with Crippen molar-refractivity contribution in [1.29, 1.82) is 0 Å². The Bertz CT molecular complexity index is 456. The van der Waals surface area contributed by atoms with Gasteiger partial charge in [0.25, 0.3) is 0 Å². The Morgan fingerprint density at radius 1 is 1.19 bits per heavy atom. The third-order valence-corrected chi connectivity index (χ3v) is 4.55. The van der Waals surface area contributed by atoms with E-state index in [1.54, 1.807) is 0 Å². The summed E-state index contributed by atoms with van der Waals surface area (Å²) in [5.41, 5.74) is 1.26. The average molecular weight is 290 g/mol. The molecule has 4 nitrogen and oxygen atoms in total. The van der Waals surface area contributed by atoms with E-state index in [2.05, 4.69) is 22.3 Å². The van der Waals surface area contributed by atoms with Gasteiger partial charge in [-0.25, -0.2) is 0 Å². The molecule has 1 aromatic rings. The highest BCUT2D eigenvalue weighted by molar-refractivity contribution is 5.47. The van der Waals surface area contributed by atoms with E-state index in [9.17, 15) is 0 Å². The molecule has 1 fully saturated rings. The number of hydrogen-bond donors (Lipinski definition) is 1.